The predicted molar refractivity (Wildman–Crippen MR) is 101 cm³/mol. The van der Waals surface area contributed by atoms with Gasteiger partial charge < -0.3 is 10.6 Å². The lowest BCUT2D eigenvalue weighted by atomic mass is 10.1. The lowest BCUT2D eigenvalue weighted by Crippen LogP contribution is -2.04. The van der Waals surface area contributed by atoms with Crippen LogP contribution >= 0.6 is 15.9 Å². The van der Waals surface area contributed by atoms with Crippen LogP contribution in [0.2, 0.25) is 0 Å². The van der Waals surface area contributed by atoms with Crippen LogP contribution in [-0.4, -0.2) is 15.2 Å². The van der Waals surface area contributed by atoms with Gasteiger partial charge in [0.25, 0.3) is 0 Å². The van der Waals surface area contributed by atoms with E-state index < -0.39 is 0 Å². The molecule has 122 valence electrons. The van der Waals surface area contributed by atoms with Crippen molar-refractivity contribution >= 4 is 39.1 Å². The summed E-state index contributed by atoms with van der Waals surface area (Å²) in [5, 5.41) is 14.7. The van der Waals surface area contributed by atoms with E-state index in [9.17, 15) is 0 Å². The number of benzene rings is 2. The Kier molecular flexibility index (Phi) is 4.76. The first-order valence-corrected chi connectivity index (χ1v) is 8.38. The Bertz CT molecular complexity index is 859. The van der Waals surface area contributed by atoms with Crippen molar-refractivity contribution < 1.29 is 0 Å². The van der Waals surface area contributed by atoms with Gasteiger partial charge in [-0.1, -0.05) is 34.1 Å². The molecular weight excluding hydrogens is 366 g/mol. The summed E-state index contributed by atoms with van der Waals surface area (Å²) in [6, 6.07) is 12.2. The Morgan fingerprint density at radius 2 is 1.67 bits per heavy atom. The van der Waals surface area contributed by atoms with Gasteiger partial charge in [-0.05, 0) is 55.7 Å². The lowest BCUT2D eigenvalue weighted by molar-refractivity contribution is 0.980. The first kappa shape index (κ1) is 16.4. The summed E-state index contributed by atoms with van der Waals surface area (Å²) >= 11 is 3.47. The number of hydrogen-bond donors (Lipinski definition) is 2. The van der Waals surface area contributed by atoms with Crippen molar-refractivity contribution in [2.75, 3.05) is 10.6 Å². The van der Waals surface area contributed by atoms with Crippen molar-refractivity contribution in [2.24, 2.45) is 0 Å². The molecule has 0 atom stereocenters. The molecule has 3 aromatic rings. The molecule has 2 N–H and O–H groups in total. The number of hydrogen-bond acceptors (Lipinski definition) is 5. The van der Waals surface area contributed by atoms with Crippen LogP contribution in [0.15, 0.2) is 47.1 Å². The fourth-order valence-corrected chi connectivity index (χ4v) is 2.92. The number of aromatic nitrogens is 3. The van der Waals surface area contributed by atoms with E-state index in [1.54, 1.807) is 6.20 Å². The minimum absolute atomic E-state index is 0.465. The summed E-state index contributed by atoms with van der Waals surface area (Å²) in [5.41, 5.74) is 5.39. The van der Waals surface area contributed by atoms with Gasteiger partial charge in [-0.15, -0.1) is 5.10 Å². The minimum Gasteiger partial charge on any atom is -0.339 e. The molecule has 24 heavy (non-hydrogen) atoms. The summed E-state index contributed by atoms with van der Waals surface area (Å²) in [6.45, 7) is 6.14. The van der Waals surface area contributed by atoms with Crippen LogP contribution in [0, 0.1) is 20.8 Å². The highest BCUT2D eigenvalue weighted by Crippen LogP contribution is 2.25. The minimum atomic E-state index is 0.465. The molecule has 1 aromatic heterocycles. The number of para-hydroxylation sites is 1. The van der Waals surface area contributed by atoms with Crippen LogP contribution < -0.4 is 10.6 Å². The van der Waals surface area contributed by atoms with Gasteiger partial charge in [-0.2, -0.15) is 10.1 Å². The molecule has 0 unspecified atom stereocenters. The molecule has 0 bridgehead atoms. The molecule has 0 radical (unpaired) electrons. The van der Waals surface area contributed by atoms with Crippen molar-refractivity contribution in [2.45, 2.75) is 20.8 Å². The van der Waals surface area contributed by atoms with Crippen LogP contribution in [-0.2, 0) is 0 Å². The van der Waals surface area contributed by atoms with E-state index in [0.29, 0.717) is 11.8 Å². The molecule has 5 nitrogen and oxygen atoms in total. The van der Waals surface area contributed by atoms with Gasteiger partial charge in [0.2, 0.25) is 5.95 Å². The Balaban J connectivity index is 1.84. The maximum atomic E-state index is 4.50. The Labute approximate surface area is 149 Å². The molecule has 0 aliphatic heterocycles. The van der Waals surface area contributed by atoms with E-state index in [4.69, 9.17) is 0 Å². The Hall–Kier alpha value is -2.47. The number of aryl methyl sites for hydroxylation is 3. The first-order valence-electron chi connectivity index (χ1n) is 7.59. The summed E-state index contributed by atoms with van der Waals surface area (Å²) in [7, 11) is 0. The van der Waals surface area contributed by atoms with Gasteiger partial charge in [-0.3, -0.25) is 0 Å². The van der Waals surface area contributed by atoms with E-state index >= 15 is 0 Å². The fraction of sp³-hybridized carbons (Fsp3) is 0.167. The average molecular weight is 384 g/mol. The van der Waals surface area contributed by atoms with Gasteiger partial charge in [0, 0.05) is 15.8 Å². The molecule has 0 fully saturated rings. The number of nitrogens with one attached hydrogen (secondary N) is 2. The monoisotopic (exact) mass is 383 g/mol. The summed E-state index contributed by atoms with van der Waals surface area (Å²) < 4.78 is 1.05. The Morgan fingerprint density at radius 1 is 0.917 bits per heavy atom. The van der Waals surface area contributed by atoms with Crippen molar-refractivity contribution in [3.8, 4) is 0 Å². The summed E-state index contributed by atoms with van der Waals surface area (Å²) in [5.74, 6) is 1.11. The molecule has 1 heterocycles. The molecule has 0 saturated heterocycles. The van der Waals surface area contributed by atoms with Gasteiger partial charge in [0.1, 0.15) is 0 Å². The van der Waals surface area contributed by atoms with Gasteiger partial charge in [0.15, 0.2) is 5.82 Å². The molecular formula is C18H18BrN5. The maximum absolute atomic E-state index is 4.50. The van der Waals surface area contributed by atoms with E-state index in [1.807, 2.05) is 31.2 Å². The normalized spacial score (nSPS) is 10.5. The third-order valence-corrected chi connectivity index (χ3v) is 4.22. The number of rotatable bonds is 4. The second-order valence-corrected chi connectivity index (χ2v) is 6.56. The highest BCUT2D eigenvalue weighted by molar-refractivity contribution is 9.10. The van der Waals surface area contributed by atoms with E-state index in [0.717, 1.165) is 32.5 Å². The van der Waals surface area contributed by atoms with Gasteiger partial charge in [-0.25, -0.2) is 0 Å². The van der Waals surface area contributed by atoms with Gasteiger partial charge >= 0.3 is 0 Å². The van der Waals surface area contributed by atoms with E-state index in [1.165, 1.54) is 0 Å². The molecule has 0 aliphatic rings. The largest absolute Gasteiger partial charge is 0.339 e. The molecule has 0 amide bonds. The number of halogens is 1. The predicted octanol–water partition coefficient (Wildman–Crippen LogP) is 5.05. The van der Waals surface area contributed by atoms with Gasteiger partial charge in [0.05, 0.1) is 6.20 Å². The first-order chi connectivity index (χ1) is 11.5. The van der Waals surface area contributed by atoms with Crippen molar-refractivity contribution in [3.05, 3.63) is 63.8 Å². The summed E-state index contributed by atoms with van der Waals surface area (Å²) in [4.78, 5) is 4.50. The van der Waals surface area contributed by atoms with Crippen molar-refractivity contribution in [1.29, 1.82) is 0 Å². The van der Waals surface area contributed by atoms with E-state index in [2.05, 4.69) is 67.7 Å². The quantitative estimate of drug-likeness (QED) is 0.659. The van der Waals surface area contributed by atoms with E-state index in [-0.39, 0.29) is 0 Å². The molecule has 2 aromatic carbocycles. The molecule has 0 saturated carbocycles. The topological polar surface area (TPSA) is 62.7 Å². The molecule has 3 rings (SSSR count). The second-order valence-electron chi connectivity index (χ2n) is 5.64. The van der Waals surface area contributed by atoms with Crippen molar-refractivity contribution in [1.82, 2.24) is 15.2 Å². The van der Waals surface area contributed by atoms with Crippen LogP contribution in [0.5, 0.6) is 0 Å². The molecule has 6 heteroatoms. The van der Waals surface area contributed by atoms with Crippen LogP contribution in [0.4, 0.5) is 23.1 Å². The maximum Gasteiger partial charge on any atom is 0.249 e. The number of nitrogens with zero attached hydrogens (tertiary/aromatic N) is 3. The lowest BCUT2D eigenvalue weighted by Gasteiger charge is -2.12. The van der Waals surface area contributed by atoms with Crippen LogP contribution in [0.25, 0.3) is 0 Å². The zero-order valence-electron chi connectivity index (χ0n) is 13.8. The average Bonchev–Trinajstić information content (AvgIpc) is 2.54. The molecule has 0 aliphatic carbocycles. The summed E-state index contributed by atoms with van der Waals surface area (Å²) in [6.07, 6.45) is 1.61. The highest BCUT2D eigenvalue weighted by Gasteiger charge is 2.07. The zero-order valence-corrected chi connectivity index (χ0v) is 15.3. The van der Waals surface area contributed by atoms with Crippen LogP contribution in [0.1, 0.15) is 16.7 Å². The SMILES string of the molecule is Cc1cc(Br)ccc1Nc1cnnc(Nc2c(C)cccc2C)n1. The molecule has 0 spiro atoms. The Morgan fingerprint density at radius 3 is 2.38 bits per heavy atom. The smallest absolute Gasteiger partial charge is 0.249 e. The zero-order chi connectivity index (χ0) is 17.1. The third-order valence-electron chi connectivity index (χ3n) is 3.73. The third kappa shape index (κ3) is 3.71. The fourth-order valence-electron chi connectivity index (χ4n) is 2.45. The number of anilines is 4. The highest BCUT2D eigenvalue weighted by atomic mass is 79.9. The standard InChI is InChI=1S/C18H18BrN5/c1-11-5-4-6-12(2)17(11)23-18-22-16(10-20-24-18)21-15-8-7-14(19)9-13(15)3/h4-10H,1-3H3,(H2,21,22,23,24). The second kappa shape index (κ2) is 6.97. The van der Waals surface area contributed by atoms with Crippen LogP contribution in [0.3, 0.4) is 0 Å². The van der Waals surface area contributed by atoms with Crippen molar-refractivity contribution in [3.63, 3.8) is 0 Å².